The highest BCUT2D eigenvalue weighted by Crippen LogP contribution is 2.21. The minimum atomic E-state index is -0.0485. The summed E-state index contributed by atoms with van der Waals surface area (Å²) >= 11 is 5.95. The van der Waals surface area contributed by atoms with Crippen molar-refractivity contribution in [3.8, 4) is 0 Å². The number of urea groups is 1. The second-order valence-corrected chi connectivity index (χ2v) is 6.66. The molecule has 128 valence electrons. The third-order valence-corrected chi connectivity index (χ3v) is 4.79. The first-order valence-electron chi connectivity index (χ1n) is 8.47. The molecular weight excluding hydrogens is 324 g/mol. The van der Waals surface area contributed by atoms with Crippen LogP contribution < -0.4 is 5.32 Å². The van der Waals surface area contributed by atoms with Crippen LogP contribution in [0.25, 0.3) is 0 Å². The van der Waals surface area contributed by atoms with Crippen molar-refractivity contribution in [2.45, 2.75) is 32.7 Å². The Balaban J connectivity index is 1.50. The Morgan fingerprint density at radius 2 is 2.17 bits per heavy atom. The summed E-state index contributed by atoms with van der Waals surface area (Å²) in [6.45, 7) is 4.69. The van der Waals surface area contributed by atoms with Gasteiger partial charge in [0.05, 0.1) is 0 Å². The lowest BCUT2D eigenvalue weighted by molar-refractivity contribution is 0.176. The first kappa shape index (κ1) is 16.8. The minimum absolute atomic E-state index is 0.0485. The predicted molar refractivity (Wildman–Crippen MR) is 96.4 cm³/mol. The average molecular weight is 347 g/mol. The number of likely N-dealkylation sites (tertiary alicyclic amines) is 1. The highest BCUT2D eigenvalue weighted by molar-refractivity contribution is 6.30. The molecule has 1 aromatic carbocycles. The Labute approximate surface area is 147 Å². The number of hydrogen-bond donors (Lipinski definition) is 1. The van der Waals surface area contributed by atoms with Crippen molar-refractivity contribution < 1.29 is 4.79 Å². The highest BCUT2D eigenvalue weighted by atomic mass is 35.5. The molecule has 1 aliphatic heterocycles. The molecule has 0 saturated carbocycles. The predicted octanol–water partition coefficient (Wildman–Crippen LogP) is 4.04. The summed E-state index contributed by atoms with van der Waals surface area (Å²) in [5.74, 6) is 1.73. The first-order chi connectivity index (χ1) is 11.7. The average Bonchev–Trinajstić information content (AvgIpc) is 3.02. The zero-order valence-electron chi connectivity index (χ0n) is 13.9. The van der Waals surface area contributed by atoms with E-state index in [2.05, 4.69) is 28.0 Å². The summed E-state index contributed by atoms with van der Waals surface area (Å²) in [5, 5.41) is 3.54. The van der Waals surface area contributed by atoms with Crippen molar-refractivity contribution in [1.29, 1.82) is 0 Å². The number of imidazole rings is 1. The van der Waals surface area contributed by atoms with Crippen LogP contribution in [0.5, 0.6) is 0 Å². The number of hydrogen-bond acceptors (Lipinski definition) is 2. The van der Waals surface area contributed by atoms with Crippen LogP contribution in [0.15, 0.2) is 36.7 Å². The molecule has 2 aromatic rings. The van der Waals surface area contributed by atoms with Gasteiger partial charge in [-0.3, -0.25) is 0 Å². The summed E-state index contributed by atoms with van der Waals surface area (Å²) in [6.07, 6.45) is 6.91. The van der Waals surface area contributed by atoms with Gasteiger partial charge in [0.15, 0.2) is 0 Å². The third-order valence-electron chi connectivity index (χ3n) is 4.55. The second-order valence-electron chi connectivity index (χ2n) is 6.22. The molecule has 1 N–H and O–H groups in total. The molecule has 1 fully saturated rings. The molecule has 0 unspecified atom stereocenters. The van der Waals surface area contributed by atoms with Gasteiger partial charge in [-0.15, -0.1) is 0 Å². The van der Waals surface area contributed by atoms with E-state index in [1.54, 1.807) is 12.1 Å². The molecule has 1 aliphatic rings. The smallest absolute Gasteiger partial charge is 0.321 e. The number of benzene rings is 1. The van der Waals surface area contributed by atoms with Crippen LogP contribution in [-0.4, -0.2) is 33.6 Å². The van der Waals surface area contributed by atoms with E-state index in [4.69, 9.17) is 11.6 Å². The lowest BCUT2D eigenvalue weighted by atomic mass is 9.97. The van der Waals surface area contributed by atoms with Crippen LogP contribution in [0.2, 0.25) is 5.02 Å². The van der Waals surface area contributed by atoms with Crippen LogP contribution in [0, 0.1) is 5.92 Å². The Kier molecular flexibility index (Phi) is 5.41. The molecule has 0 radical (unpaired) electrons. The van der Waals surface area contributed by atoms with Crippen LogP contribution >= 0.6 is 11.6 Å². The van der Waals surface area contributed by atoms with Crippen LogP contribution in [0.3, 0.4) is 0 Å². The van der Waals surface area contributed by atoms with E-state index in [-0.39, 0.29) is 6.03 Å². The molecule has 2 amide bonds. The number of carbonyl (C=O) groups is 1. The van der Waals surface area contributed by atoms with Crippen LogP contribution in [0.1, 0.15) is 25.6 Å². The van der Waals surface area contributed by atoms with Gasteiger partial charge in [-0.1, -0.05) is 24.6 Å². The molecule has 0 spiro atoms. The molecule has 1 saturated heterocycles. The van der Waals surface area contributed by atoms with Crippen molar-refractivity contribution in [3.05, 3.63) is 47.5 Å². The molecule has 3 rings (SSSR count). The van der Waals surface area contributed by atoms with Crippen molar-refractivity contribution in [2.24, 2.45) is 5.92 Å². The number of nitrogens with zero attached hydrogens (tertiary/aromatic N) is 3. The standard InChI is InChI=1S/C18H23ClN4O/c1-2-17-20-8-11-23(17)13-14-6-9-22(10-7-14)18(24)21-16-5-3-4-15(19)12-16/h3-5,8,11-12,14H,2,6-7,9-10,13H2,1H3,(H,21,24). The molecule has 0 bridgehead atoms. The third kappa shape index (κ3) is 4.09. The monoisotopic (exact) mass is 346 g/mol. The number of halogens is 1. The molecule has 2 heterocycles. The zero-order valence-corrected chi connectivity index (χ0v) is 14.7. The number of amides is 2. The van der Waals surface area contributed by atoms with Gasteiger partial charge in [0.25, 0.3) is 0 Å². The van der Waals surface area contributed by atoms with E-state index in [9.17, 15) is 4.79 Å². The maximum absolute atomic E-state index is 12.4. The van der Waals surface area contributed by atoms with E-state index in [1.165, 1.54) is 0 Å². The summed E-state index contributed by atoms with van der Waals surface area (Å²) in [4.78, 5) is 18.6. The maximum atomic E-state index is 12.4. The van der Waals surface area contributed by atoms with E-state index >= 15 is 0 Å². The first-order valence-corrected chi connectivity index (χ1v) is 8.85. The summed E-state index contributed by atoms with van der Waals surface area (Å²) < 4.78 is 2.24. The fourth-order valence-corrected chi connectivity index (χ4v) is 3.38. The van der Waals surface area contributed by atoms with Crippen molar-refractivity contribution in [1.82, 2.24) is 14.5 Å². The zero-order chi connectivity index (χ0) is 16.9. The fraction of sp³-hybridized carbons (Fsp3) is 0.444. The van der Waals surface area contributed by atoms with Gasteiger partial charge in [0, 0.05) is 49.2 Å². The molecule has 1 aromatic heterocycles. The van der Waals surface area contributed by atoms with E-state index in [1.807, 2.05) is 23.2 Å². The van der Waals surface area contributed by atoms with Crippen molar-refractivity contribution in [2.75, 3.05) is 18.4 Å². The molecule has 5 nitrogen and oxygen atoms in total. The minimum Gasteiger partial charge on any atom is -0.335 e. The van der Waals surface area contributed by atoms with Crippen molar-refractivity contribution >= 4 is 23.3 Å². The van der Waals surface area contributed by atoms with Gasteiger partial charge >= 0.3 is 6.03 Å². The van der Waals surface area contributed by atoms with Gasteiger partial charge in [0.2, 0.25) is 0 Å². The number of rotatable bonds is 4. The Bertz CT molecular complexity index is 692. The Morgan fingerprint density at radius 3 is 2.88 bits per heavy atom. The molecule has 6 heteroatoms. The SMILES string of the molecule is CCc1nccn1CC1CCN(C(=O)Nc2cccc(Cl)c2)CC1. The topological polar surface area (TPSA) is 50.2 Å². The van der Waals surface area contributed by atoms with Gasteiger partial charge < -0.3 is 14.8 Å². The quantitative estimate of drug-likeness (QED) is 0.908. The van der Waals surface area contributed by atoms with E-state index < -0.39 is 0 Å². The van der Waals surface area contributed by atoms with Crippen LogP contribution in [-0.2, 0) is 13.0 Å². The summed E-state index contributed by atoms with van der Waals surface area (Å²) in [5.41, 5.74) is 0.737. The lowest BCUT2D eigenvalue weighted by Gasteiger charge is -2.32. The van der Waals surface area contributed by atoms with Gasteiger partial charge in [0.1, 0.15) is 5.82 Å². The van der Waals surface area contributed by atoms with E-state index in [0.717, 1.165) is 50.4 Å². The van der Waals surface area contributed by atoms with Gasteiger partial charge in [-0.05, 0) is 37.0 Å². The van der Waals surface area contributed by atoms with E-state index in [0.29, 0.717) is 10.9 Å². The fourth-order valence-electron chi connectivity index (χ4n) is 3.19. The normalized spacial score (nSPS) is 15.5. The maximum Gasteiger partial charge on any atom is 0.321 e. The molecule has 0 atom stereocenters. The number of carbonyl (C=O) groups excluding carboxylic acids is 1. The number of nitrogens with one attached hydrogen (secondary N) is 1. The molecule has 0 aliphatic carbocycles. The lowest BCUT2D eigenvalue weighted by Crippen LogP contribution is -2.41. The van der Waals surface area contributed by atoms with Crippen molar-refractivity contribution in [3.63, 3.8) is 0 Å². The van der Waals surface area contributed by atoms with Gasteiger partial charge in [-0.25, -0.2) is 9.78 Å². The number of piperidine rings is 1. The summed E-state index contributed by atoms with van der Waals surface area (Å²) in [6, 6.07) is 7.19. The van der Waals surface area contributed by atoms with Gasteiger partial charge in [-0.2, -0.15) is 0 Å². The Morgan fingerprint density at radius 1 is 1.38 bits per heavy atom. The highest BCUT2D eigenvalue weighted by Gasteiger charge is 2.23. The molecule has 24 heavy (non-hydrogen) atoms. The van der Waals surface area contributed by atoms with Crippen LogP contribution in [0.4, 0.5) is 10.5 Å². The number of aryl methyl sites for hydroxylation is 1. The largest absolute Gasteiger partial charge is 0.335 e. The molecular formula is C18H23ClN4O. The Hall–Kier alpha value is -2.01. The number of aromatic nitrogens is 2. The summed E-state index contributed by atoms with van der Waals surface area (Å²) in [7, 11) is 0. The number of anilines is 1. The second kappa shape index (κ2) is 7.71.